The molecule has 0 bridgehead atoms. The minimum atomic E-state index is -0.546. The second kappa shape index (κ2) is 6.81. The van der Waals surface area contributed by atoms with Gasteiger partial charge in [0.25, 0.3) is 5.91 Å². The van der Waals surface area contributed by atoms with E-state index < -0.39 is 11.7 Å². The van der Waals surface area contributed by atoms with Crippen molar-refractivity contribution in [3.63, 3.8) is 0 Å². The van der Waals surface area contributed by atoms with Crippen LogP contribution >= 0.6 is 0 Å². The molecule has 0 aliphatic carbocycles. The normalized spacial score (nSPS) is 11.7. The van der Waals surface area contributed by atoms with Crippen molar-refractivity contribution in [3.05, 3.63) is 29.8 Å². The molecule has 0 radical (unpaired) electrons. The van der Waals surface area contributed by atoms with E-state index in [4.69, 9.17) is 4.74 Å². The molecular weight excluding hydrogens is 280 g/mol. The Bertz CT molecular complexity index is 528. The summed E-state index contributed by atoms with van der Waals surface area (Å²) in [6, 6.07) is 6.71. The molecule has 122 valence electrons. The number of rotatable bonds is 4. The van der Waals surface area contributed by atoms with Crippen LogP contribution in [0.2, 0.25) is 0 Å². The third-order valence-electron chi connectivity index (χ3n) is 3.13. The highest BCUT2D eigenvalue weighted by molar-refractivity contribution is 5.95. The van der Waals surface area contributed by atoms with E-state index in [1.54, 1.807) is 45.0 Å². The lowest BCUT2D eigenvalue weighted by atomic mass is 10.0. The zero-order valence-corrected chi connectivity index (χ0v) is 14.2. The maximum atomic E-state index is 12.1. The number of nitrogens with one attached hydrogen (secondary N) is 2. The first-order valence-corrected chi connectivity index (χ1v) is 7.45. The van der Waals surface area contributed by atoms with Gasteiger partial charge in [-0.1, -0.05) is 6.92 Å². The van der Waals surface area contributed by atoms with Crippen LogP contribution in [0.5, 0.6) is 0 Å². The first kappa shape index (κ1) is 18.0. The lowest BCUT2D eigenvalue weighted by Gasteiger charge is -2.24. The van der Waals surface area contributed by atoms with Crippen molar-refractivity contribution in [1.29, 1.82) is 0 Å². The Morgan fingerprint density at radius 1 is 1.05 bits per heavy atom. The van der Waals surface area contributed by atoms with Gasteiger partial charge in [-0.15, -0.1) is 0 Å². The van der Waals surface area contributed by atoms with Crippen molar-refractivity contribution < 1.29 is 14.3 Å². The molecule has 0 aliphatic heterocycles. The van der Waals surface area contributed by atoms with E-state index in [0.717, 1.165) is 6.42 Å². The van der Waals surface area contributed by atoms with Crippen LogP contribution in [-0.4, -0.2) is 23.1 Å². The van der Waals surface area contributed by atoms with Gasteiger partial charge in [-0.3, -0.25) is 10.1 Å². The van der Waals surface area contributed by atoms with Crippen molar-refractivity contribution in [2.45, 2.75) is 59.1 Å². The maximum Gasteiger partial charge on any atom is 0.412 e. The molecule has 0 atom stereocenters. The molecule has 1 aromatic carbocycles. The van der Waals surface area contributed by atoms with Gasteiger partial charge in [0.15, 0.2) is 0 Å². The molecule has 0 aliphatic rings. The van der Waals surface area contributed by atoms with Crippen molar-refractivity contribution in [3.8, 4) is 0 Å². The van der Waals surface area contributed by atoms with Crippen LogP contribution in [-0.2, 0) is 4.74 Å². The standard InChI is InChI=1S/C17H26N2O3/c1-7-17(5,6)19-14(20)12-8-10-13(11-9-12)18-15(21)22-16(2,3)4/h8-11H,7H2,1-6H3,(H,18,21)(H,19,20). The van der Waals surface area contributed by atoms with Gasteiger partial charge in [0.2, 0.25) is 0 Å². The molecule has 22 heavy (non-hydrogen) atoms. The summed E-state index contributed by atoms with van der Waals surface area (Å²) in [6.45, 7) is 11.4. The van der Waals surface area contributed by atoms with E-state index in [1.165, 1.54) is 0 Å². The van der Waals surface area contributed by atoms with Crippen LogP contribution in [0.1, 0.15) is 58.3 Å². The zero-order valence-electron chi connectivity index (χ0n) is 14.2. The molecule has 0 spiro atoms. The summed E-state index contributed by atoms with van der Waals surface area (Å²) in [4.78, 5) is 23.8. The highest BCUT2D eigenvalue weighted by Crippen LogP contribution is 2.14. The number of ether oxygens (including phenoxy) is 1. The fourth-order valence-corrected chi connectivity index (χ4v) is 1.59. The van der Waals surface area contributed by atoms with E-state index >= 15 is 0 Å². The number of hydrogen-bond donors (Lipinski definition) is 2. The SMILES string of the molecule is CCC(C)(C)NC(=O)c1ccc(NC(=O)OC(C)(C)C)cc1. The highest BCUT2D eigenvalue weighted by atomic mass is 16.6. The van der Waals surface area contributed by atoms with Crippen LogP contribution in [0, 0.1) is 0 Å². The maximum absolute atomic E-state index is 12.1. The van der Waals surface area contributed by atoms with Crippen LogP contribution in [0.4, 0.5) is 10.5 Å². The second-order valence-corrected chi connectivity index (χ2v) is 6.90. The van der Waals surface area contributed by atoms with Crippen LogP contribution in [0.15, 0.2) is 24.3 Å². The fraction of sp³-hybridized carbons (Fsp3) is 0.529. The Morgan fingerprint density at radius 3 is 2.05 bits per heavy atom. The smallest absolute Gasteiger partial charge is 0.412 e. The average Bonchev–Trinajstić information content (AvgIpc) is 2.36. The molecule has 5 heteroatoms. The van der Waals surface area contributed by atoms with Gasteiger partial charge in [-0.25, -0.2) is 4.79 Å². The number of hydrogen-bond acceptors (Lipinski definition) is 3. The summed E-state index contributed by atoms with van der Waals surface area (Å²) >= 11 is 0. The van der Waals surface area contributed by atoms with Gasteiger partial charge in [-0.2, -0.15) is 0 Å². The molecule has 1 rings (SSSR count). The quantitative estimate of drug-likeness (QED) is 0.885. The van der Waals surface area contributed by atoms with Gasteiger partial charge < -0.3 is 10.1 Å². The molecular formula is C17H26N2O3. The first-order chi connectivity index (χ1) is 10.0. The van der Waals surface area contributed by atoms with Gasteiger partial charge in [0.1, 0.15) is 5.60 Å². The summed E-state index contributed by atoms with van der Waals surface area (Å²) in [5.74, 6) is -0.129. The van der Waals surface area contributed by atoms with Crippen LogP contribution in [0.3, 0.4) is 0 Å². The molecule has 0 heterocycles. The van der Waals surface area contributed by atoms with Gasteiger partial charge in [0.05, 0.1) is 0 Å². The van der Waals surface area contributed by atoms with Gasteiger partial charge in [-0.05, 0) is 65.3 Å². The Labute approximate surface area is 132 Å². The monoisotopic (exact) mass is 306 g/mol. The molecule has 0 saturated carbocycles. The largest absolute Gasteiger partial charge is 0.444 e. The highest BCUT2D eigenvalue weighted by Gasteiger charge is 2.19. The lowest BCUT2D eigenvalue weighted by molar-refractivity contribution is 0.0635. The average molecular weight is 306 g/mol. The molecule has 0 saturated heterocycles. The molecule has 0 aromatic heterocycles. The summed E-state index contributed by atoms with van der Waals surface area (Å²) in [6.07, 6.45) is 0.327. The summed E-state index contributed by atoms with van der Waals surface area (Å²) in [5.41, 5.74) is 0.344. The van der Waals surface area contributed by atoms with Crippen molar-refractivity contribution >= 4 is 17.7 Å². The number of anilines is 1. The molecule has 0 unspecified atom stereocenters. The number of benzene rings is 1. The van der Waals surface area contributed by atoms with E-state index in [2.05, 4.69) is 10.6 Å². The lowest BCUT2D eigenvalue weighted by Crippen LogP contribution is -2.42. The van der Waals surface area contributed by atoms with Crippen molar-refractivity contribution in [2.75, 3.05) is 5.32 Å². The van der Waals surface area contributed by atoms with E-state index in [1.807, 2.05) is 20.8 Å². The Morgan fingerprint density at radius 2 is 1.59 bits per heavy atom. The third-order valence-corrected chi connectivity index (χ3v) is 3.13. The molecule has 2 amide bonds. The molecule has 0 fully saturated rings. The van der Waals surface area contributed by atoms with Crippen molar-refractivity contribution in [2.24, 2.45) is 0 Å². The predicted molar refractivity (Wildman–Crippen MR) is 88.1 cm³/mol. The Hall–Kier alpha value is -2.04. The minimum absolute atomic E-state index is 0.129. The van der Waals surface area contributed by atoms with Gasteiger partial charge >= 0.3 is 6.09 Å². The summed E-state index contributed by atoms with van der Waals surface area (Å²) in [5, 5.41) is 5.59. The third kappa shape index (κ3) is 6.16. The fourth-order valence-electron chi connectivity index (χ4n) is 1.59. The van der Waals surface area contributed by atoms with E-state index in [0.29, 0.717) is 11.3 Å². The summed E-state index contributed by atoms with van der Waals surface area (Å²) in [7, 11) is 0. The summed E-state index contributed by atoms with van der Waals surface area (Å²) < 4.78 is 5.17. The van der Waals surface area contributed by atoms with Crippen molar-refractivity contribution in [1.82, 2.24) is 5.32 Å². The predicted octanol–water partition coefficient (Wildman–Crippen LogP) is 3.95. The molecule has 1 aromatic rings. The van der Waals surface area contributed by atoms with Crippen LogP contribution in [0.25, 0.3) is 0 Å². The number of carbonyl (C=O) groups excluding carboxylic acids is 2. The number of amides is 2. The van der Waals surface area contributed by atoms with E-state index in [9.17, 15) is 9.59 Å². The number of carbonyl (C=O) groups is 2. The topological polar surface area (TPSA) is 67.4 Å². The Balaban J connectivity index is 2.67. The molecule has 5 nitrogen and oxygen atoms in total. The van der Waals surface area contributed by atoms with E-state index in [-0.39, 0.29) is 11.4 Å². The zero-order chi connectivity index (χ0) is 17.0. The van der Waals surface area contributed by atoms with Gasteiger partial charge in [0, 0.05) is 16.8 Å². The minimum Gasteiger partial charge on any atom is -0.444 e. The second-order valence-electron chi connectivity index (χ2n) is 6.90. The Kier molecular flexibility index (Phi) is 5.58. The first-order valence-electron chi connectivity index (χ1n) is 7.45. The van der Waals surface area contributed by atoms with Crippen LogP contribution < -0.4 is 10.6 Å². The molecule has 2 N–H and O–H groups in total.